The third-order valence-corrected chi connectivity index (χ3v) is 7.49. The van der Waals surface area contributed by atoms with Gasteiger partial charge in [-0.2, -0.15) is 0 Å². The van der Waals surface area contributed by atoms with Crippen molar-refractivity contribution < 1.29 is 33.7 Å². The second-order valence-electron chi connectivity index (χ2n) is 12.0. The van der Waals surface area contributed by atoms with Gasteiger partial charge >= 0.3 is 17.9 Å². The maximum absolute atomic E-state index is 12.8. The molecular formula is C34H65NO7. The van der Waals surface area contributed by atoms with Crippen LogP contribution in [0.2, 0.25) is 0 Å². The van der Waals surface area contributed by atoms with Crippen LogP contribution in [0.5, 0.6) is 0 Å². The zero-order valence-electron chi connectivity index (χ0n) is 27.7. The Bertz CT molecular complexity index is 656. The highest BCUT2D eigenvalue weighted by Crippen LogP contribution is 2.13. The molecule has 0 amide bonds. The number of carbonyl (C=O) groups is 3. The number of aliphatic hydroxyl groups excluding tert-OH is 1. The molecule has 0 radical (unpaired) electrons. The fraction of sp³-hybridized carbons (Fsp3) is 0.912. The number of aliphatic hydroxyl groups is 1. The van der Waals surface area contributed by atoms with Crippen LogP contribution in [-0.4, -0.2) is 74.0 Å². The Morgan fingerprint density at radius 2 is 0.952 bits per heavy atom. The summed E-state index contributed by atoms with van der Waals surface area (Å²) in [6.07, 6.45) is 20.0. The van der Waals surface area contributed by atoms with Crippen molar-refractivity contribution in [2.45, 2.75) is 167 Å². The van der Waals surface area contributed by atoms with E-state index in [1.807, 2.05) is 19.0 Å². The Hall–Kier alpha value is -1.67. The summed E-state index contributed by atoms with van der Waals surface area (Å²) in [4.78, 5) is 39.6. The molecule has 0 rings (SSSR count). The van der Waals surface area contributed by atoms with Gasteiger partial charge < -0.3 is 24.2 Å². The van der Waals surface area contributed by atoms with E-state index in [4.69, 9.17) is 14.2 Å². The molecule has 0 spiro atoms. The number of nitrogens with zero attached hydrogens (tertiary/aromatic N) is 1. The number of hydrogen-bond acceptors (Lipinski definition) is 8. The smallest absolute Gasteiger partial charge is 0.350 e. The molecule has 8 heteroatoms. The summed E-state index contributed by atoms with van der Waals surface area (Å²) >= 11 is 0. The summed E-state index contributed by atoms with van der Waals surface area (Å²) in [5.74, 6) is -2.53. The van der Waals surface area contributed by atoms with Crippen LogP contribution in [-0.2, 0) is 28.6 Å². The van der Waals surface area contributed by atoms with Gasteiger partial charge in [0, 0.05) is 6.42 Å². The van der Waals surface area contributed by atoms with Crippen molar-refractivity contribution in [1.82, 2.24) is 4.90 Å². The van der Waals surface area contributed by atoms with E-state index in [-0.39, 0.29) is 19.6 Å². The summed E-state index contributed by atoms with van der Waals surface area (Å²) in [6.45, 7) is 5.43. The third kappa shape index (κ3) is 24.9. The molecule has 0 aromatic carbocycles. The normalized spacial score (nSPS) is 12.7. The standard InChI is InChI=1S/C34H65NO7/c1-5-7-9-11-13-15-17-19-21-23-28-40-33(38)31(37)32(42-30(36)26-25-27-35(3)4)34(39)41-29-24-22-20-18-16-14-12-10-8-6-2/h31-32,37H,5-29H2,1-4H3. The topological polar surface area (TPSA) is 102 Å². The van der Waals surface area contributed by atoms with Crippen LogP contribution < -0.4 is 0 Å². The average Bonchev–Trinajstić information content (AvgIpc) is 2.96. The lowest BCUT2D eigenvalue weighted by Crippen LogP contribution is -2.45. The molecule has 1 N–H and O–H groups in total. The molecule has 248 valence electrons. The first-order valence-corrected chi connectivity index (χ1v) is 17.2. The molecule has 0 saturated carbocycles. The van der Waals surface area contributed by atoms with Crippen LogP contribution >= 0.6 is 0 Å². The molecule has 0 fully saturated rings. The molecule has 0 saturated heterocycles. The molecule has 2 atom stereocenters. The van der Waals surface area contributed by atoms with Gasteiger partial charge in [0.1, 0.15) is 0 Å². The highest BCUT2D eigenvalue weighted by atomic mass is 16.6. The van der Waals surface area contributed by atoms with E-state index in [0.29, 0.717) is 25.8 Å². The Kier molecular flexibility index (Phi) is 28.2. The summed E-state index contributed by atoms with van der Waals surface area (Å²) in [5.41, 5.74) is 0. The lowest BCUT2D eigenvalue weighted by molar-refractivity contribution is -0.184. The lowest BCUT2D eigenvalue weighted by Gasteiger charge is -2.21. The Morgan fingerprint density at radius 3 is 1.36 bits per heavy atom. The molecule has 0 aliphatic carbocycles. The van der Waals surface area contributed by atoms with Crippen molar-refractivity contribution in [1.29, 1.82) is 0 Å². The Balaban J connectivity index is 4.45. The van der Waals surface area contributed by atoms with Crippen LogP contribution in [0.3, 0.4) is 0 Å². The van der Waals surface area contributed by atoms with Crippen molar-refractivity contribution in [3.8, 4) is 0 Å². The Labute approximate surface area is 257 Å². The first-order valence-electron chi connectivity index (χ1n) is 17.2. The molecule has 0 heterocycles. The monoisotopic (exact) mass is 599 g/mol. The number of esters is 3. The quantitative estimate of drug-likeness (QED) is 0.0513. The highest BCUT2D eigenvalue weighted by Gasteiger charge is 2.38. The largest absolute Gasteiger partial charge is 0.464 e. The summed E-state index contributed by atoms with van der Waals surface area (Å²) in [7, 11) is 3.79. The maximum atomic E-state index is 12.8. The molecular weight excluding hydrogens is 534 g/mol. The van der Waals surface area contributed by atoms with Gasteiger partial charge in [-0.1, -0.05) is 129 Å². The number of rotatable bonds is 30. The SMILES string of the molecule is CCCCCCCCCCCCOC(=O)C(O)C(OC(=O)CCCN(C)C)C(=O)OCCCCCCCCCCCC. The van der Waals surface area contributed by atoms with E-state index in [9.17, 15) is 19.5 Å². The minimum absolute atomic E-state index is 0.0702. The first-order chi connectivity index (χ1) is 20.3. The van der Waals surface area contributed by atoms with Gasteiger partial charge in [-0.15, -0.1) is 0 Å². The fourth-order valence-corrected chi connectivity index (χ4v) is 4.80. The zero-order chi connectivity index (χ0) is 31.3. The summed E-state index contributed by atoms with van der Waals surface area (Å²) < 4.78 is 15.8. The van der Waals surface area contributed by atoms with Crippen LogP contribution in [0.25, 0.3) is 0 Å². The van der Waals surface area contributed by atoms with E-state index < -0.39 is 30.1 Å². The van der Waals surface area contributed by atoms with E-state index in [1.54, 1.807) is 0 Å². The van der Waals surface area contributed by atoms with E-state index in [0.717, 1.165) is 32.1 Å². The van der Waals surface area contributed by atoms with Gasteiger partial charge in [-0.05, 0) is 39.9 Å². The summed E-state index contributed by atoms with van der Waals surface area (Å²) in [6, 6.07) is 0. The molecule has 42 heavy (non-hydrogen) atoms. The van der Waals surface area contributed by atoms with E-state index in [1.165, 1.54) is 83.5 Å². The second-order valence-corrected chi connectivity index (χ2v) is 12.0. The van der Waals surface area contributed by atoms with Crippen molar-refractivity contribution in [3.63, 3.8) is 0 Å². The van der Waals surface area contributed by atoms with Crippen molar-refractivity contribution >= 4 is 17.9 Å². The van der Waals surface area contributed by atoms with Gasteiger partial charge in [-0.3, -0.25) is 4.79 Å². The van der Waals surface area contributed by atoms with Crippen molar-refractivity contribution in [3.05, 3.63) is 0 Å². The third-order valence-electron chi connectivity index (χ3n) is 7.49. The molecule has 0 aromatic rings. The predicted octanol–water partition coefficient (Wildman–Crippen LogP) is 7.53. The van der Waals surface area contributed by atoms with Crippen molar-refractivity contribution in [2.24, 2.45) is 0 Å². The first kappa shape index (κ1) is 40.3. The average molecular weight is 600 g/mol. The number of unbranched alkanes of at least 4 members (excludes halogenated alkanes) is 18. The molecule has 0 aliphatic heterocycles. The minimum Gasteiger partial charge on any atom is -0.464 e. The highest BCUT2D eigenvalue weighted by molar-refractivity contribution is 5.87. The van der Waals surface area contributed by atoms with Crippen LogP contribution in [0.15, 0.2) is 0 Å². The maximum Gasteiger partial charge on any atom is 0.350 e. The van der Waals surface area contributed by atoms with Crippen LogP contribution in [0.4, 0.5) is 0 Å². The summed E-state index contributed by atoms with van der Waals surface area (Å²) in [5, 5.41) is 10.6. The lowest BCUT2D eigenvalue weighted by atomic mass is 10.1. The van der Waals surface area contributed by atoms with Crippen LogP contribution in [0, 0.1) is 0 Å². The minimum atomic E-state index is -1.91. The van der Waals surface area contributed by atoms with E-state index >= 15 is 0 Å². The van der Waals surface area contributed by atoms with E-state index in [2.05, 4.69) is 13.8 Å². The zero-order valence-corrected chi connectivity index (χ0v) is 27.7. The van der Waals surface area contributed by atoms with Gasteiger partial charge in [0.25, 0.3) is 0 Å². The van der Waals surface area contributed by atoms with Gasteiger partial charge in [0.2, 0.25) is 6.10 Å². The van der Waals surface area contributed by atoms with Gasteiger partial charge in [0.15, 0.2) is 6.10 Å². The molecule has 0 aromatic heterocycles. The number of ether oxygens (including phenoxy) is 3. The predicted molar refractivity (Wildman–Crippen MR) is 169 cm³/mol. The number of hydrogen-bond donors (Lipinski definition) is 1. The van der Waals surface area contributed by atoms with Crippen LogP contribution in [0.1, 0.15) is 155 Å². The van der Waals surface area contributed by atoms with Crippen molar-refractivity contribution in [2.75, 3.05) is 33.9 Å². The molecule has 0 aliphatic rings. The molecule has 0 bridgehead atoms. The van der Waals surface area contributed by atoms with Gasteiger partial charge in [-0.25, -0.2) is 9.59 Å². The fourth-order valence-electron chi connectivity index (χ4n) is 4.80. The Morgan fingerprint density at radius 1 is 0.571 bits per heavy atom. The van der Waals surface area contributed by atoms with Gasteiger partial charge in [0.05, 0.1) is 13.2 Å². The number of carbonyl (C=O) groups excluding carboxylic acids is 3. The second kappa shape index (κ2) is 29.4. The molecule has 2 unspecified atom stereocenters. The molecule has 8 nitrogen and oxygen atoms in total.